The van der Waals surface area contributed by atoms with Gasteiger partial charge >= 0.3 is 0 Å². The predicted molar refractivity (Wildman–Crippen MR) is 75.5 cm³/mol. The van der Waals surface area contributed by atoms with Crippen molar-refractivity contribution in [3.05, 3.63) is 22.2 Å². The third-order valence-electron chi connectivity index (χ3n) is 2.62. The van der Waals surface area contributed by atoms with Crippen molar-refractivity contribution in [3.63, 3.8) is 0 Å². The summed E-state index contributed by atoms with van der Waals surface area (Å²) in [6.07, 6.45) is 0. The van der Waals surface area contributed by atoms with Crippen LogP contribution in [0, 0.1) is 6.92 Å². The van der Waals surface area contributed by atoms with E-state index in [1.807, 2.05) is 11.8 Å². The van der Waals surface area contributed by atoms with Crippen molar-refractivity contribution in [2.24, 2.45) is 5.73 Å². The average Bonchev–Trinajstić information content (AvgIpc) is 2.15. The maximum atomic E-state index is 5.90. The largest absolute Gasteiger partial charge is 0.367 e. The first-order valence-electron chi connectivity index (χ1n) is 5.51. The molecule has 1 aliphatic rings. The summed E-state index contributed by atoms with van der Waals surface area (Å²) in [6.45, 7) is 6.20. The summed E-state index contributed by atoms with van der Waals surface area (Å²) in [5.41, 5.74) is 8.52. The van der Waals surface area contributed by atoms with Gasteiger partial charge in [-0.3, -0.25) is 0 Å². The van der Waals surface area contributed by atoms with E-state index in [0.29, 0.717) is 0 Å². The van der Waals surface area contributed by atoms with Crippen molar-refractivity contribution in [2.45, 2.75) is 24.8 Å². The molecule has 2 N–H and O–H groups in total. The minimum atomic E-state index is 0.212. The molecule has 1 unspecified atom stereocenters. The van der Waals surface area contributed by atoms with Gasteiger partial charge in [0.2, 0.25) is 0 Å². The topological polar surface area (TPSA) is 29.3 Å². The van der Waals surface area contributed by atoms with Gasteiger partial charge in [0.25, 0.3) is 0 Å². The Morgan fingerprint density at radius 1 is 1.56 bits per heavy atom. The molecule has 0 aliphatic carbocycles. The van der Waals surface area contributed by atoms with E-state index in [1.54, 1.807) is 0 Å². The van der Waals surface area contributed by atoms with Crippen LogP contribution in [0.1, 0.15) is 12.5 Å². The maximum absolute atomic E-state index is 5.90. The first-order chi connectivity index (χ1) is 7.58. The molecule has 0 aromatic heterocycles. The lowest BCUT2D eigenvalue weighted by Gasteiger charge is -2.33. The number of anilines is 1. The Labute approximate surface area is 110 Å². The molecule has 0 fully saturated rings. The van der Waals surface area contributed by atoms with Gasteiger partial charge in [-0.2, -0.15) is 0 Å². The number of hydrogen-bond acceptors (Lipinski definition) is 3. The number of thioether (sulfide) groups is 1. The Kier molecular flexibility index (Phi) is 3.82. The van der Waals surface area contributed by atoms with Gasteiger partial charge in [0.1, 0.15) is 0 Å². The summed E-state index contributed by atoms with van der Waals surface area (Å²) < 4.78 is 1.19. The Bertz CT molecular complexity index is 393. The van der Waals surface area contributed by atoms with Crippen molar-refractivity contribution in [3.8, 4) is 0 Å². The molecule has 0 bridgehead atoms. The van der Waals surface area contributed by atoms with Crippen LogP contribution in [0.5, 0.6) is 0 Å². The molecule has 0 saturated carbocycles. The molecule has 1 atom stereocenters. The van der Waals surface area contributed by atoms with E-state index in [9.17, 15) is 0 Å². The highest BCUT2D eigenvalue weighted by Gasteiger charge is 2.21. The molecular formula is C12H17BrN2S. The Morgan fingerprint density at radius 3 is 3.00 bits per heavy atom. The zero-order chi connectivity index (χ0) is 11.7. The van der Waals surface area contributed by atoms with Gasteiger partial charge in [-0.05, 0) is 47.5 Å². The van der Waals surface area contributed by atoms with Gasteiger partial charge in [-0.15, -0.1) is 11.8 Å². The lowest BCUT2D eigenvalue weighted by molar-refractivity contribution is 0.683. The van der Waals surface area contributed by atoms with E-state index in [1.165, 1.54) is 20.6 Å². The molecule has 1 aromatic rings. The van der Waals surface area contributed by atoms with E-state index in [4.69, 9.17) is 5.73 Å². The fourth-order valence-corrected chi connectivity index (χ4v) is 4.16. The number of benzene rings is 1. The summed E-state index contributed by atoms with van der Waals surface area (Å²) >= 11 is 5.60. The standard InChI is InChI=1S/C12H17BrN2S/c1-8-5-10(13)12-11(6-8)16-4-3-15(12)7-9(2)14/h5-6,9H,3-4,7,14H2,1-2H3. The minimum Gasteiger partial charge on any atom is -0.367 e. The lowest BCUT2D eigenvalue weighted by Crippen LogP contribution is -2.38. The number of halogens is 1. The van der Waals surface area contributed by atoms with Crippen LogP contribution in [0.25, 0.3) is 0 Å². The van der Waals surface area contributed by atoms with Gasteiger partial charge in [-0.25, -0.2) is 0 Å². The molecule has 0 spiro atoms. The van der Waals surface area contributed by atoms with Crippen LogP contribution in [0.15, 0.2) is 21.5 Å². The SMILES string of the molecule is Cc1cc(Br)c2c(c1)SCCN2CC(C)N. The third kappa shape index (κ3) is 2.55. The molecule has 0 saturated heterocycles. The molecule has 88 valence electrons. The highest BCUT2D eigenvalue weighted by molar-refractivity contribution is 9.10. The smallest absolute Gasteiger partial charge is 0.0649 e. The molecule has 2 rings (SSSR count). The summed E-state index contributed by atoms with van der Waals surface area (Å²) in [7, 11) is 0. The number of fused-ring (bicyclic) bond motifs is 1. The Morgan fingerprint density at radius 2 is 2.31 bits per heavy atom. The second kappa shape index (κ2) is 4.98. The van der Waals surface area contributed by atoms with Crippen LogP contribution >= 0.6 is 27.7 Å². The third-order valence-corrected chi connectivity index (χ3v) is 4.23. The molecule has 2 nitrogen and oxygen atoms in total. The van der Waals surface area contributed by atoms with Crippen LogP contribution in [0.2, 0.25) is 0 Å². The number of nitrogens with zero attached hydrogens (tertiary/aromatic N) is 1. The summed E-state index contributed by atoms with van der Waals surface area (Å²) in [4.78, 5) is 3.76. The van der Waals surface area contributed by atoms with E-state index in [0.717, 1.165) is 18.8 Å². The van der Waals surface area contributed by atoms with Crippen LogP contribution in [0.4, 0.5) is 5.69 Å². The number of hydrogen-bond donors (Lipinski definition) is 1. The molecule has 1 aromatic carbocycles. The normalized spacial score (nSPS) is 17.1. The van der Waals surface area contributed by atoms with E-state index >= 15 is 0 Å². The first kappa shape index (κ1) is 12.3. The number of aryl methyl sites for hydroxylation is 1. The van der Waals surface area contributed by atoms with Gasteiger partial charge in [0.15, 0.2) is 0 Å². The molecule has 0 radical (unpaired) electrons. The van der Waals surface area contributed by atoms with Crippen LogP contribution in [-0.4, -0.2) is 24.9 Å². The van der Waals surface area contributed by atoms with E-state index in [-0.39, 0.29) is 6.04 Å². The van der Waals surface area contributed by atoms with Crippen molar-refractivity contribution < 1.29 is 0 Å². The van der Waals surface area contributed by atoms with Crippen LogP contribution < -0.4 is 10.6 Å². The van der Waals surface area contributed by atoms with Gasteiger partial charge in [0.05, 0.1) is 5.69 Å². The summed E-state index contributed by atoms with van der Waals surface area (Å²) in [5, 5.41) is 0. The molecule has 16 heavy (non-hydrogen) atoms. The van der Waals surface area contributed by atoms with Gasteiger partial charge in [-0.1, -0.05) is 0 Å². The first-order valence-corrected chi connectivity index (χ1v) is 7.29. The predicted octanol–water partition coefficient (Wildman–Crippen LogP) is 3.02. The zero-order valence-corrected chi connectivity index (χ0v) is 12.1. The Hall–Kier alpha value is -0.190. The zero-order valence-electron chi connectivity index (χ0n) is 9.66. The highest BCUT2D eigenvalue weighted by Crippen LogP contribution is 2.40. The summed E-state index contributed by atoms with van der Waals surface area (Å²) in [6, 6.07) is 4.65. The lowest BCUT2D eigenvalue weighted by atomic mass is 10.2. The summed E-state index contributed by atoms with van der Waals surface area (Å²) in [5.74, 6) is 1.15. The quantitative estimate of drug-likeness (QED) is 0.910. The fraction of sp³-hybridized carbons (Fsp3) is 0.500. The number of rotatable bonds is 2. The fourth-order valence-electron chi connectivity index (χ4n) is 2.03. The number of nitrogens with two attached hydrogens (primary N) is 1. The van der Waals surface area contributed by atoms with E-state index in [2.05, 4.69) is 46.8 Å². The molecule has 1 heterocycles. The van der Waals surface area contributed by atoms with Crippen molar-refractivity contribution in [1.29, 1.82) is 0 Å². The van der Waals surface area contributed by atoms with Gasteiger partial charge < -0.3 is 10.6 Å². The molecule has 4 heteroatoms. The highest BCUT2D eigenvalue weighted by atomic mass is 79.9. The monoisotopic (exact) mass is 300 g/mol. The second-order valence-electron chi connectivity index (χ2n) is 4.37. The van der Waals surface area contributed by atoms with Crippen molar-refractivity contribution in [2.75, 3.05) is 23.7 Å². The molecule has 0 amide bonds. The van der Waals surface area contributed by atoms with Crippen LogP contribution in [-0.2, 0) is 0 Å². The minimum absolute atomic E-state index is 0.212. The van der Waals surface area contributed by atoms with Crippen molar-refractivity contribution >= 4 is 33.4 Å². The second-order valence-corrected chi connectivity index (χ2v) is 6.36. The molecular weight excluding hydrogens is 284 g/mol. The van der Waals surface area contributed by atoms with Crippen LogP contribution in [0.3, 0.4) is 0 Å². The van der Waals surface area contributed by atoms with Crippen molar-refractivity contribution in [1.82, 2.24) is 0 Å². The van der Waals surface area contributed by atoms with E-state index < -0.39 is 0 Å². The average molecular weight is 301 g/mol. The maximum Gasteiger partial charge on any atom is 0.0649 e. The Balaban J connectivity index is 2.37. The van der Waals surface area contributed by atoms with Gasteiger partial charge in [0, 0.05) is 34.3 Å². The molecule has 1 aliphatic heterocycles.